The minimum Gasteiger partial charge on any atom is -0.465 e. The fraction of sp³-hybridized carbons (Fsp3) is 0.421. The number of nitrogens with one attached hydrogen (secondary N) is 1. The number of aromatic nitrogens is 4. The van der Waals surface area contributed by atoms with Crippen LogP contribution in [0.15, 0.2) is 47.3 Å². The van der Waals surface area contributed by atoms with E-state index in [-0.39, 0.29) is 0 Å². The van der Waals surface area contributed by atoms with Gasteiger partial charge in [0.2, 0.25) is 5.95 Å². The molecule has 1 N–H and O–H groups in total. The van der Waals surface area contributed by atoms with Crippen LogP contribution in [0.1, 0.15) is 23.6 Å². The molecule has 0 bridgehead atoms. The zero-order valence-corrected chi connectivity index (χ0v) is 15.0. The van der Waals surface area contributed by atoms with Crippen LogP contribution >= 0.6 is 0 Å². The first kappa shape index (κ1) is 16.8. The standard InChI is InChI=1S/C19H24N6O/c1-15-3-4-18(26-15)14-24-11-16(12-25-17(13-24)6-10-23-25)5-9-22-19-20-7-2-8-21-19/h2-4,6-8,10,16H,5,9,11-14H2,1H3,(H,20,21,22)/t16-/m1/s1. The highest BCUT2D eigenvalue weighted by molar-refractivity contribution is 5.21. The summed E-state index contributed by atoms with van der Waals surface area (Å²) in [7, 11) is 0. The van der Waals surface area contributed by atoms with Gasteiger partial charge in [-0.1, -0.05) is 0 Å². The lowest BCUT2D eigenvalue weighted by atomic mass is 10.1. The Morgan fingerprint density at radius 2 is 2.04 bits per heavy atom. The third-order valence-corrected chi connectivity index (χ3v) is 4.71. The Bertz CT molecular complexity index is 827. The summed E-state index contributed by atoms with van der Waals surface area (Å²) < 4.78 is 7.91. The summed E-state index contributed by atoms with van der Waals surface area (Å²) in [6.07, 6.45) is 6.43. The van der Waals surface area contributed by atoms with Gasteiger partial charge in [-0.2, -0.15) is 5.10 Å². The van der Waals surface area contributed by atoms with Gasteiger partial charge in [-0.3, -0.25) is 9.58 Å². The summed E-state index contributed by atoms with van der Waals surface area (Å²) in [6.45, 7) is 6.50. The molecule has 7 heteroatoms. The molecule has 1 atom stereocenters. The highest BCUT2D eigenvalue weighted by Gasteiger charge is 2.23. The highest BCUT2D eigenvalue weighted by Crippen LogP contribution is 2.21. The molecule has 4 heterocycles. The minimum atomic E-state index is 0.503. The Labute approximate surface area is 153 Å². The molecule has 0 saturated heterocycles. The molecule has 0 saturated carbocycles. The van der Waals surface area contributed by atoms with Gasteiger partial charge in [-0.15, -0.1) is 0 Å². The molecule has 1 aliphatic rings. The van der Waals surface area contributed by atoms with Crippen LogP contribution in [0.3, 0.4) is 0 Å². The van der Waals surface area contributed by atoms with Crippen molar-refractivity contribution in [1.82, 2.24) is 24.6 Å². The predicted molar refractivity (Wildman–Crippen MR) is 98.4 cm³/mol. The molecule has 0 unspecified atom stereocenters. The van der Waals surface area contributed by atoms with Crippen molar-refractivity contribution in [2.24, 2.45) is 5.92 Å². The fourth-order valence-corrected chi connectivity index (χ4v) is 3.49. The molecule has 0 aromatic carbocycles. The lowest BCUT2D eigenvalue weighted by Crippen LogP contribution is -2.28. The Morgan fingerprint density at radius 3 is 2.85 bits per heavy atom. The number of furan rings is 1. The number of aryl methyl sites for hydroxylation is 1. The quantitative estimate of drug-likeness (QED) is 0.735. The van der Waals surface area contributed by atoms with Crippen molar-refractivity contribution in [2.45, 2.75) is 33.0 Å². The molecule has 136 valence electrons. The Hall–Kier alpha value is -2.67. The molecular weight excluding hydrogens is 328 g/mol. The van der Waals surface area contributed by atoms with Crippen LogP contribution in [-0.2, 0) is 19.6 Å². The van der Waals surface area contributed by atoms with Crippen molar-refractivity contribution in [3.8, 4) is 0 Å². The van der Waals surface area contributed by atoms with Crippen LogP contribution in [0.25, 0.3) is 0 Å². The van der Waals surface area contributed by atoms with E-state index in [0.717, 1.165) is 50.7 Å². The first-order chi connectivity index (χ1) is 12.8. The third kappa shape index (κ3) is 4.11. The van der Waals surface area contributed by atoms with E-state index in [1.807, 2.05) is 25.3 Å². The monoisotopic (exact) mass is 352 g/mol. The minimum absolute atomic E-state index is 0.503. The molecule has 0 fully saturated rings. The van der Waals surface area contributed by atoms with Gasteiger partial charge in [0.05, 0.1) is 12.2 Å². The molecule has 3 aromatic rings. The van der Waals surface area contributed by atoms with Crippen LogP contribution in [0.2, 0.25) is 0 Å². The number of hydrogen-bond donors (Lipinski definition) is 1. The number of rotatable bonds is 6. The third-order valence-electron chi connectivity index (χ3n) is 4.71. The molecule has 7 nitrogen and oxygen atoms in total. The SMILES string of the molecule is Cc1ccc(CN2Cc3ccnn3C[C@H](CCNc3ncccn3)C2)o1. The topological polar surface area (TPSA) is 72.0 Å². The normalized spacial score (nSPS) is 17.7. The zero-order chi connectivity index (χ0) is 17.8. The summed E-state index contributed by atoms with van der Waals surface area (Å²) in [5.74, 6) is 3.17. The Kier molecular flexibility index (Phi) is 4.97. The fourth-order valence-electron chi connectivity index (χ4n) is 3.49. The average molecular weight is 352 g/mol. The van der Waals surface area contributed by atoms with Crippen molar-refractivity contribution in [2.75, 3.05) is 18.4 Å². The van der Waals surface area contributed by atoms with E-state index in [4.69, 9.17) is 4.42 Å². The van der Waals surface area contributed by atoms with Crippen molar-refractivity contribution >= 4 is 5.95 Å². The van der Waals surface area contributed by atoms with Crippen molar-refractivity contribution in [3.05, 3.63) is 60.1 Å². The van der Waals surface area contributed by atoms with Gasteiger partial charge in [0.1, 0.15) is 11.5 Å². The maximum Gasteiger partial charge on any atom is 0.222 e. The highest BCUT2D eigenvalue weighted by atomic mass is 16.3. The number of hydrogen-bond acceptors (Lipinski definition) is 6. The van der Waals surface area contributed by atoms with Gasteiger partial charge in [0.25, 0.3) is 0 Å². The van der Waals surface area contributed by atoms with E-state index in [1.165, 1.54) is 5.69 Å². The second kappa shape index (κ2) is 7.70. The van der Waals surface area contributed by atoms with Crippen molar-refractivity contribution in [3.63, 3.8) is 0 Å². The molecule has 1 aliphatic heterocycles. The van der Waals surface area contributed by atoms with E-state index in [1.54, 1.807) is 12.4 Å². The predicted octanol–water partition coefficient (Wildman–Crippen LogP) is 2.71. The molecule has 0 spiro atoms. The van der Waals surface area contributed by atoms with Gasteiger partial charge in [-0.25, -0.2) is 9.97 Å². The van der Waals surface area contributed by atoms with E-state index >= 15 is 0 Å². The molecule has 0 radical (unpaired) electrons. The van der Waals surface area contributed by atoms with E-state index in [9.17, 15) is 0 Å². The summed E-state index contributed by atoms with van der Waals surface area (Å²) in [5.41, 5.74) is 1.26. The van der Waals surface area contributed by atoms with Crippen LogP contribution in [-0.4, -0.2) is 37.7 Å². The summed E-state index contributed by atoms with van der Waals surface area (Å²) in [4.78, 5) is 10.9. The number of nitrogens with zero attached hydrogens (tertiary/aromatic N) is 5. The Balaban J connectivity index is 1.40. The first-order valence-corrected chi connectivity index (χ1v) is 9.05. The van der Waals surface area contributed by atoms with Gasteiger partial charge >= 0.3 is 0 Å². The maximum absolute atomic E-state index is 5.78. The first-order valence-electron chi connectivity index (χ1n) is 9.05. The molecular formula is C19H24N6O. The second-order valence-electron chi connectivity index (χ2n) is 6.84. The molecule has 26 heavy (non-hydrogen) atoms. The van der Waals surface area contributed by atoms with Gasteiger partial charge in [0.15, 0.2) is 0 Å². The summed E-state index contributed by atoms with van der Waals surface area (Å²) in [5, 5.41) is 7.81. The van der Waals surface area contributed by atoms with Gasteiger partial charge in [-0.05, 0) is 43.5 Å². The molecule has 0 aliphatic carbocycles. The van der Waals surface area contributed by atoms with Crippen molar-refractivity contribution in [1.29, 1.82) is 0 Å². The van der Waals surface area contributed by atoms with Crippen LogP contribution in [0.5, 0.6) is 0 Å². The number of anilines is 1. The maximum atomic E-state index is 5.78. The van der Waals surface area contributed by atoms with E-state index in [0.29, 0.717) is 11.9 Å². The molecule has 0 amide bonds. The van der Waals surface area contributed by atoms with Gasteiger partial charge in [0, 0.05) is 44.8 Å². The van der Waals surface area contributed by atoms with Crippen LogP contribution in [0, 0.1) is 12.8 Å². The molecule has 4 rings (SSSR count). The van der Waals surface area contributed by atoms with Gasteiger partial charge < -0.3 is 9.73 Å². The number of fused-ring (bicyclic) bond motifs is 1. The summed E-state index contributed by atoms with van der Waals surface area (Å²) >= 11 is 0. The lowest BCUT2D eigenvalue weighted by molar-refractivity contribution is 0.201. The average Bonchev–Trinajstić information content (AvgIpc) is 3.21. The van der Waals surface area contributed by atoms with Crippen molar-refractivity contribution < 1.29 is 4.42 Å². The largest absolute Gasteiger partial charge is 0.465 e. The van der Waals surface area contributed by atoms with E-state index in [2.05, 4.69) is 42.1 Å². The lowest BCUT2D eigenvalue weighted by Gasteiger charge is -2.23. The van der Waals surface area contributed by atoms with Crippen LogP contribution in [0.4, 0.5) is 5.95 Å². The smallest absolute Gasteiger partial charge is 0.222 e. The van der Waals surface area contributed by atoms with E-state index < -0.39 is 0 Å². The zero-order valence-electron chi connectivity index (χ0n) is 15.0. The molecule has 3 aromatic heterocycles. The Morgan fingerprint density at radius 1 is 1.15 bits per heavy atom. The summed E-state index contributed by atoms with van der Waals surface area (Å²) in [6, 6.07) is 8.03. The second-order valence-corrected chi connectivity index (χ2v) is 6.84. The van der Waals surface area contributed by atoms with Crippen LogP contribution < -0.4 is 5.32 Å².